The van der Waals surface area contributed by atoms with Gasteiger partial charge in [0.15, 0.2) is 5.12 Å². The number of amides is 2. The second-order valence-electron chi connectivity index (χ2n) is 10.3. The molecule has 0 aromatic heterocycles. The molecule has 0 heterocycles. The van der Waals surface area contributed by atoms with Crippen LogP contribution in [-0.2, 0) is 33.4 Å². The highest BCUT2D eigenvalue weighted by molar-refractivity contribution is 8.13. The fraction of sp³-hybridized carbons (Fsp3) is 0.324. The van der Waals surface area contributed by atoms with E-state index in [1.807, 2.05) is 54.6 Å². The predicted octanol–water partition coefficient (Wildman–Crippen LogP) is 2.08. The van der Waals surface area contributed by atoms with Gasteiger partial charge in [-0.05, 0) is 49.7 Å². The van der Waals surface area contributed by atoms with Crippen molar-refractivity contribution in [2.45, 2.75) is 38.3 Å². The van der Waals surface area contributed by atoms with Crippen molar-refractivity contribution in [3.8, 4) is 0 Å². The number of esters is 2. The molecule has 4 N–H and O–H groups in total. The summed E-state index contributed by atoms with van der Waals surface area (Å²) in [5, 5.41) is 8.39. The van der Waals surface area contributed by atoms with Crippen LogP contribution in [0.1, 0.15) is 26.2 Å². The lowest BCUT2D eigenvalue weighted by molar-refractivity contribution is -0.143. The summed E-state index contributed by atoms with van der Waals surface area (Å²) < 4.78 is 9.46. The van der Waals surface area contributed by atoms with E-state index >= 15 is 0 Å². The standard InChI is InChI=1S/C34H40N3O7PS/c1-3-44-31(39)23-36-33(41)29(37-30(38)20-19-28(35)34(42)43-2)24-46-32(40)21-22-45(25-13-7-4-8-14-25,26-15-9-5-10-16-26)27-17-11-6-12-18-27/h4-18,28-29H,3,19-24,35H2,1-2H3,(H-,36,37,38,41)/p+1. The molecule has 0 fully saturated rings. The molecule has 244 valence electrons. The van der Waals surface area contributed by atoms with Gasteiger partial charge in [-0.2, -0.15) is 0 Å². The van der Waals surface area contributed by atoms with E-state index in [4.69, 9.17) is 10.5 Å². The van der Waals surface area contributed by atoms with Crippen LogP contribution in [0.2, 0.25) is 0 Å². The van der Waals surface area contributed by atoms with E-state index < -0.39 is 43.1 Å². The van der Waals surface area contributed by atoms with Gasteiger partial charge in [0.05, 0.1) is 26.3 Å². The Bertz CT molecular complexity index is 1350. The average Bonchev–Trinajstić information content (AvgIpc) is 3.09. The summed E-state index contributed by atoms with van der Waals surface area (Å²) in [6, 6.07) is 28.5. The van der Waals surface area contributed by atoms with Gasteiger partial charge in [-0.15, -0.1) is 0 Å². The Morgan fingerprint density at radius 3 is 1.83 bits per heavy atom. The summed E-state index contributed by atoms with van der Waals surface area (Å²) in [6.07, 6.45) is 0.644. The number of hydrogen-bond acceptors (Lipinski definition) is 9. The van der Waals surface area contributed by atoms with Crippen molar-refractivity contribution in [3.05, 3.63) is 91.0 Å². The molecule has 2 atom stereocenters. The van der Waals surface area contributed by atoms with Crippen LogP contribution < -0.4 is 32.3 Å². The fourth-order valence-electron chi connectivity index (χ4n) is 4.89. The van der Waals surface area contributed by atoms with E-state index in [0.717, 1.165) is 27.7 Å². The lowest BCUT2D eigenvalue weighted by Crippen LogP contribution is -2.49. The molecule has 0 bridgehead atoms. The maximum Gasteiger partial charge on any atom is 0.325 e. The van der Waals surface area contributed by atoms with Gasteiger partial charge in [0, 0.05) is 12.2 Å². The average molecular weight is 667 g/mol. The van der Waals surface area contributed by atoms with Crippen molar-refractivity contribution in [1.29, 1.82) is 0 Å². The highest BCUT2D eigenvalue weighted by Crippen LogP contribution is 2.55. The van der Waals surface area contributed by atoms with Crippen molar-refractivity contribution >= 4 is 63.8 Å². The first-order valence-corrected chi connectivity index (χ1v) is 17.9. The molecule has 3 rings (SSSR count). The minimum Gasteiger partial charge on any atom is -0.468 e. The number of nitrogens with one attached hydrogen (secondary N) is 2. The summed E-state index contributed by atoms with van der Waals surface area (Å²) in [4.78, 5) is 62.6. The quantitative estimate of drug-likeness (QED) is 0.145. The fourth-order valence-corrected chi connectivity index (χ4v) is 10.1. The van der Waals surface area contributed by atoms with Gasteiger partial charge in [-0.3, -0.25) is 24.0 Å². The molecule has 0 spiro atoms. The third-order valence-corrected chi connectivity index (χ3v) is 12.7. The molecule has 0 aliphatic rings. The second-order valence-corrected chi connectivity index (χ2v) is 15.0. The highest BCUT2D eigenvalue weighted by Gasteiger charge is 2.45. The molecule has 12 heteroatoms. The van der Waals surface area contributed by atoms with E-state index in [9.17, 15) is 24.0 Å². The third kappa shape index (κ3) is 10.5. The van der Waals surface area contributed by atoms with Crippen molar-refractivity contribution in [1.82, 2.24) is 10.6 Å². The van der Waals surface area contributed by atoms with Gasteiger partial charge in [-0.1, -0.05) is 66.4 Å². The van der Waals surface area contributed by atoms with Gasteiger partial charge in [-0.25, -0.2) is 0 Å². The second kappa shape index (κ2) is 18.8. The molecule has 2 amide bonds. The zero-order valence-corrected chi connectivity index (χ0v) is 27.8. The van der Waals surface area contributed by atoms with Crippen LogP contribution in [0.25, 0.3) is 0 Å². The van der Waals surface area contributed by atoms with Crippen LogP contribution >= 0.6 is 19.0 Å². The van der Waals surface area contributed by atoms with Gasteiger partial charge in [0.2, 0.25) is 11.8 Å². The zero-order valence-electron chi connectivity index (χ0n) is 26.1. The first-order chi connectivity index (χ1) is 22.2. The first-order valence-electron chi connectivity index (χ1n) is 15.0. The highest BCUT2D eigenvalue weighted by atomic mass is 32.2. The van der Waals surface area contributed by atoms with Crippen molar-refractivity contribution in [2.75, 3.05) is 32.2 Å². The summed E-state index contributed by atoms with van der Waals surface area (Å²) in [5.41, 5.74) is 5.74. The number of carbonyl (C=O) groups excluding carboxylic acids is 5. The minimum atomic E-state index is -2.24. The number of benzene rings is 3. The Hall–Kier alpha value is -4.05. The Morgan fingerprint density at radius 2 is 1.35 bits per heavy atom. The normalized spacial score (nSPS) is 12.3. The van der Waals surface area contributed by atoms with E-state index in [1.54, 1.807) is 6.92 Å². The molecule has 3 aromatic rings. The molecule has 2 unspecified atom stereocenters. The number of methoxy groups -OCH3 is 1. The summed E-state index contributed by atoms with van der Waals surface area (Å²) in [5.74, 6) is -2.52. The molecule has 0 saturated heterocycles. The van der Waals surface area contributed by atoms with Gasteiger partial charge < -0.3 is 25.8 Å². The number of thioether (sulfide) groups is 1. The molecular weight excluding hydrogens is 625 g/mol. The van der Waals surface area contributed by atoms with E-state index in [-0.39, 0.29) is 43.3 Å². The molecule has 0 aliphatic carbocycles. The zero-order chi connectivity index (χ0) is 33.4. The van der Waals surface area contributed by atoms with Crippen LogP contribution in [0, 0.1) is 0 Å². The van der Waals surface area contributed by atoms with Crippen LogP contribution in [0.3, 0.4) is 0 Å². The molecule has 10 nitrogen and oxygen atoms in total. The number of hydrogen-bond donors (Lipinski definition) is 3. The topological polar surface area (TPSA) is 154 Å². The Balaban J connectivity index is 1.77. The molecular formula is C34H41N3O7PS+. The predicted molar refractivity (Wildman–Crippen MR) is 183 cm³/mol. The van der Waals surface area contributed by atoms with Gasteiger partial charge in [0.25, 0.3) is 0 Å². The molecule has 3 aromatic carbocycles. The van der Waals surface area contributed by atoms with Crippen LogP contribution in [-0.4, -0.2) is 73.1 Å². The molecule has 0 aliphatic heterocycles. The maximum atomic E-state index is 13.5. The van der Waals surface area contributed by atoms with E-state index in [1.165, 1.54) is 7.11 Å². The van der Waals surface area contributed by atoms with Crippen LogP contribution in [0.4, 0.5) is 0 Å². The molecule has 0 radical (unpaired) electrons. The van der Waals surface area contributed by atoms with Crippen molar-refractivity contribution in [2.24, 2.45) is 5.73 Å². The smallest absolute Gasteiger partial charge is 0.325 e. The summed E-state index contributed by atoms with van der Waals surface area (Å²) in [6.45, 7) is 1.41. The minimum absolute atomic E-state index is 0.00594. The SMILES string of the molecule is CCOC(=O)CNC(=O)C(CSC(=O)CC[P+](c1ccccc1)(c1ccccc1)c1ccccc1)NC(=O)CCC(N)C(=O)OC. The van der Waals surface area contributed by atoms with Crippen LogP contribution in [0.15, 0.2) is 91.0 Å². The summed E-state index contributed by atoms with van der Waals surface area (Å²) >= 11 is 0.947. The van der Waals surface area contributed by atoms with E-state index in [2.05, 4.69) is 51.8 Å². The van der Waals surface area contributed by atoms with E-state index in [0.29, 0.717) is 6.16 Å². The monoisotopic (exact) mass is 666 g/mol. The number of carbonyl (C=O) groups is 5. The largest absolute Gasteiger partial charge is 0.468 e. The van der Waals surface area contributed by atoms with Gasteiger partial charge in [0.1, 0.15) is 41.8 Å². The van der Waals surface area contributed by atoms with Crippen molar-refractivity contribution in [3.63, 3.8) is 0 Å². The number of ether oxygens (including phenoxy) is 2. The van der Waals surface area contributed by atoms with Crippen LogP contribution in [0.5, 0.6) is 0 Å². The molecule has 0 saturated carbocycles. The summed E-state index contributed by atoms with van der Waals surface area (Å²) in [7, 11) is -1.04. The Kier molecular flexibility index (Phi) is 14.9. The third-order valence-electron chi connectivity index (χ3n) is 7.20. The molecule has 46 heavy (non-hydrogen) atoms. The van der Waals surface area contributed by atoms with Gasteiger partial charge >= 0.3 is 11.9 Å². The maximum absolute atomic E-state index is 13.5. The Morgan fingerprint density at radius 1 is 0.826 bits per heavy atom. The number of nitrogens with two attached hydrogens (primary N) is 1. The lowest BCUT2D eigenvalue weighted by Gasteiger charge is -2.27. The lowest BCUT2D eigenvalue weighted by atomic mass is 10.1. The van der Waals surface area contributed by atoms with Crippen molar-refractivity contribution < 1.29 is 33.4 Å². The number of rotatable bonds is 17. The first kappa shape index (κ1) is 36.4. The Labute approximate surface area is 274 Å².